The molecule has 0 unspecified atom stereocenters. The SMILES string of the molecule is CC1(C)O[C@H]2C[C@H](CCc3cc(F)ccc3N)C[C@H]2O1. The molecule has 0 amide bonds. The molecule has 0 radical (unpaired) electrons. The highest BCUT2D eigenvalue weighted by molar-refractivity contribution is 5.46. The molecular weight excluding hydrogens is 257 g/mol. The lowest BCUT2D eigenvalue weighted by Crippen LogP contribution is -2.23. The summed E-state index contributed by atoms with van der Waals surface area (Å²) in [4.78, 5) is 0. The van der Waals surface area contributed by atoms with Crippen LogP contribution in [-0.2, 0) is 15.9 Å². The number of halogens is 1. The van der Waals surface area contributed by atoms with E-state index < -0.39 is 5.79 Å². The lowest BCUT2D eigenvalue weighted by atomic mass is 9.97. The van der Waals surface area contributed by atoms with E-state index in [-0.39, 0.29) is 18.0 Å². The maximum absolute atomic E-state index is 13.2. The molecule has 1 saturated heterocycles. The highest BCUT2D eigenvalue weighted by Crippen LogP contribution is 2.42. The van der Waals surface area contributed by atoms with Crippen LogP contribution in [-0.4, -0.2) is 18.0 Å². The van der Waals surface area contributed by atoms with Crippen molar-refractivity contribution in [3.05, 3.63) is 29.6 Å². The first-order chi connectivity index (χ1) is 9.43. The summed E-state index contributed by atoms with van der Waals surface area (Å²) >= 11 is 0. The van der Waals surface area contributed by atoms with Crippen molar-refractivity contribution < 1.29 is 13.9 Å². The molecule has 1 aromatic carbocycles. The fraction of sp³-hybridized carbons (Fsp3) is 0.625. The van der Waals surface area contributed by atoms with Gasteiger partial charge in [-0.25, -0.2) is 4.39 Å². The Morgan fingerprint density at radius 3 is 2.55 bits per heavy atom. The second-order valence-corrected chi connectivity index (χ2v) is 6.43. The van der Waals surface area contributed by atoms with Gasteiger partial charge in [-0.05, 0) is 69.2 Å². The predicted octanol–water partition coefficient (Wildman–Crippen LogP) is 3.27. The smallest absolute Gasteiger partial charge is 0.163 e. The van der Waals surface area contributed by atoms with Gasteiger partial charge in [0.1, 0.15) is 5.82 Å². The van der Waals surface area contributed by atoms with Gasteiger partial charge in [0.05, 0.1) is 12.2 Å². The zero-order valence-electron chi connectivity index (χ0n) is 12.1. The minimum absolute atomic E-state index is 0.217. The van der Waals surface area contributed by atoms with Crippen molar-refractivity contribution in [1.29, 1.82) is 0 Å². The van der Waals surface area contributed by atoms with Gasteiger partial charge >= 0.3 is 0 Å². The summed E-state index contributed by atoms with van der Waals surface area (Å²) in [5, 5.41) is 0. The fourth-order valence-electron chi connectivity index (χ4n) is 3.45. The highest BCUT2D eigenvalue weighted by Gasteiger charge is 2.46. The van der Waals surface area contributed by atoms with E-state index in [0.29, 0.717) is 11.6 Å². The third kappa shape index (κ3) is 2.81. The summed E-state index contributed by atoms with van der Waals surface area (Å²) in [5.74, 6) is -0.0810. The van der Waals surface area contributed by atoms with E-state index in [1.165, 1.54) is 6.07 Å². The molecule has 2 fully saturated rings. The number of anilines is 1. The van der Waals surface area contributed by atoms with Crippen LogP contribution < -0.4 is 5.73 Å². The van der Waals surface area contributed by atoms with E-state index >= 15 is 0 Å². The first-order valence-corrected chi connectivity index (χ1v) is 7.32. The van der Waals surface area contributed by atoms with Gasteiger partial charge < -0.3 is 15.2 Å². The molecule has 0 bridgehead atoms. The lowest BCUT2D eigenvalue weighted by Gasteiger charge is -2.20. The van der Waals surface area contributed by atoms with Gasteiger partial charge in [0.15, 0.2) is 5.79 Å². The molecule has 1 aromatic rings. The van der Waals surface area contributed by atoms with Gasteiger partial charge in [0.2, 0.25) is 0 Å². The zero-order valence-corrected chi connectivity index (χ0v) is 12.1. The van der Waals surface area contributed by atoms with Crippen molar-refractivity contribution in [2.75, 3.05) is 5.73 Å². The van der Waals surface area contributed by atoms with Crippen molar-refractivity contribution >= 4 is 5.69 Å². The molecule has 4 heteroatoms. The number of fused-ring (bicyclic) bond motifs is 1. The summed E-state index contributed by atoms with van der Waals surface area (Å²) in [6, 6.07) is 4.59. The molecule has 110 valence electrons. The third-order valence-corrected chi connectivity index (χ3v) is 4.34. The Hall–Kier alpha value is -1.13. The molecule has 20 heavy (non-hydrogen) atoms. The number of nitrogen functional groups attached to an aromatic ring is 1. The van der Waals surface area contributed by atoms with Gasteiger partial charge in [-0.3, -0.25) is 0 Å². The number of aryl methyl sites for hydroxylation is 1. The number of ether oxygens (including phenoxy) is 2. The fourth-order valence-corrected chi connectivity index (χ4v) is 3.45. The number of rotatable bonds is 3. The molecular formula is C16H22FNO2. The van der Waals surface area contributed by atoms with E-state index in [1.54, 1.807) is 12.1 Å². The van der Waals surface area contributed by atoms with Crippen LogP contribution in [0.15, 0.2) is 18.2 Å². The summed E-state index contributed by atoms with van der Waals surface area (Å²) < 4.78 is 25.0. The molecule has 2 N–H and O–H groups in total. The maximum atomic E-state index is 13.2. The van der Waals surface area contributed by atoms with Gasteiger partial charge in [-0.2, -0.15) is 0 Å². The summed E-state index contributed by atoms with van der Waals surface area (Å²) in [7, 11) is 0. The van der Waals surface area contributed by atoms with Crippen LogP contribution in [0.4, 0.5) is 10.1 Å². The molecule has 3 atom stereocenters. The lowest BCUT2D eigenvalue weighted by molar-refractivity contribution is -0.153. The van der Waals surface area contributed by atoms with Gasteiger partial charge in [0, 0.05) is 5.69 Å². The van der Waals surface area contributed by atoms with Crippen molar-refractivity contribution in [3.8, 4) is 0 Å². The zero-order chi connectivity index (χ0) is 14.3. The van der Waals surface area contributed by atoms with Crippen LogP contribution in [0, 0.1) is 11.7 Å². The Bertz CT molecular complexity index is 487. The quantitative estimate of drug-likeness (QED) is 0.864. The van der Waals surface area contributed by atoms with E-state index in [2.05, 4.69) is 0 Å². The molecule has 0 aromatic heterocycles. The molecule has 3 rings (SSSR count). The molecule has 0 spiro atoms. The minimum Gasteiger partial charge on any atom is -0.399 e. The van der Waals surface area contributed by atoms with Crippen LogP contribution in [0.2, 0.25) is 0 Å². The van der Waals surface area contributed by atoms with Crippen LogP contribution in [0.1, 0.15) is 38.7 Å². The molecule has 1 aliphatic heterocycles. The van der Waals surface area contributed by atoms with Crippen molar-refractivity contribution in [3.63, 3.8) is 0 Å². The second kappa shape index (κ2) is 5.01. The first-order valence-electron chi connectivity index (χ1n) is 7.32. The monoisotopic (exact) mass is 279 g/mol. The van der Waals surface area contributed by atoms with Crippen molar-refractivity contribution in [1.82, 2.24) is 0 Å². The molecule has 3 nitrogen and oxygen atoms in total. The highest BCUT2D eigenvalue weighted by atomic mass is 19.1. The normalized spacial score (nSPS) is 31.4. The first kappa shape index (κ1) is 13.8. The largest absolute Gasteiger partial charge is 0.399 e. The van der Waals surface area contributed by atoms with Crippen LogP contribution >= 0.6 is 0 Å². The van der Waals surface area contributed by atoms with Crippen LogP contribution in [0.3, 0.4) is 0 Å². The Kier molecular flexibility index (Phi) is 3.46. The van der Waals surface area contributed by atoms with E-state index in [4.69, 9.17) is 15.2 Å². The van der Waals surface area contributed by atoms with Crippen molar-refractivity contribution in [2.45, 2.75) is 57.5 Å². The third-order valence-electron chi connectivity index (χ3n) is 4.34. The number of benzene rings is 1. The summed E-state index contributed by atoms with van der Waals surface area (Å²) in [6.45, 7) is 3.93. The Morgan fingerprint density at radius 2 is 1.90 bits per heavy atom. The standard InChI is InChI=1S/C16H22FNO2/c1-16(2)19-14-7-10(8-15(14)20-16)3-4-11-9-12(17)5-6-13(11)18/h5-6,9-10,14-15H,3-4,7-8,18H2,1-2H3/t10-,14-,15+. The number of hydrogen-bond donors (Lipinski definition) is 1. The topological polar surface area (TPSA) is 44.5 Å². The second-order valence-electron chi connectivity index (χ2n) is 6.43. The van der Waals surface area contributed by atoms with Gasteiger partial charge in [-0.15, -0.1) is 0 Å². The predicted molar refractivity (Wildman–Crippen MR) is 75.7 cm³/mol. The summed E-state index contributed by atoms with van der Waals surface area (Å²) in [6.07, 6.45) is 4.33. The number of nitrogens with two attached hydrogens (primary N) is 1. The van der Waals surface area contributed by atoms with Crippen LogP contribution in [0.5, 0.6) is 0 Å². The Morgan fingerprint density at radius 1 is 1.25 bits per heavy atom. The van der Waals surface area contributed by atoms with E-state index in [0.717, 1.165) is 31.2 Å². The maximum Gasteiger partial charge on any atom is 0.163 e. The molecule has 1 aliphatic carbocycles. The minimum atomic E-state index is -0.437. The van der Waals surface area contributed by atoms with Gasteiger partial charge in [-0.1, -0.05) is 0 Å². The van der Waals surface area contributed by atoms with Crippen LogP contribution in [0.25, 0.3) is 0 Å². The van der Waals surface area contributed by atoms with Crippen molar-refractivity contribution in [2.24, 2.45) is 5.92 Å². The molecule has 1 heterocycles. The average Bonchev–Trinajstić information content (AvgIpc) is 2.83. The molecule has 2 aliphatic rings. The number of hydrogen-bond acceptors (Lipinski definition) is 3. The summed E-state index contributed by atoms with van der Waals surface area (Å²) in [5.41, 5.74) is 7.47. The Balaban J connectivity index is 1.55. The van der Waals surface area contributed by atoms with Gasteiger partial charge in [0.25, 0.3) is 0 Å². The van der Waals surface area contributed by atoms with E-state index in [1.807, 2.05) is 13.8 Å². The molecule has 1 saturated carbocycles. The average molecular weight is 279 g/mol. The Labute approximate surface area is 119 Å². The van der Waals surface area contributed by atoms with E-state index in [9.17, 15) is 4.39 Å².